The van der Waals surface area contributed by atoms with E-state index in [4.69, 9.17) is 0 Å². The molecule has 0 spiro atoms. The fourth-order valence-electron chi connectivity index (χ4n) is 2.92. The van der Waals surface area contributed by atoms with Crippen molar-refractivity contribution in [1.82, 2.24) is 5.32 Å². The number of nitrogens with one attached hydrogen (secondary N) is 1. The Balaban J connectivity index is 1.75. The minimum atomic E-state index is 0.588. The van der Waals surface area contributed by atoms with E-state index in [1.165, 1.54) is 49.3 Å². The number of thioether (sulfide) groups is 1. The van der Waals surface area contributed by atoms with Crippen molar-refractivity contribution in [2.45, 2.75) is 37.0 Å². The molecule has 17 heavy (non-hydrogen) atoms. The first-order valence-electron chi connectivity index (χ1n) is 6.71. The second-order valence-electron chi connectivity index (χ2n) is 5.60. The van der Waals surface area contributed by atoms with Crippen LogP contribution in [0.25, 0.3) is 0 Å². The Morgan fingerprint density at radius 1 is 1.35 bits per heavy atom. The number of hydrogen-bond acceptors (Lipinski definition) is 2. The van der Waals surface area contributed by atoms with Crippen LogP contribution in [0.4, 0.5) is 0 Å². The highest BCUT2D eigenvalue weighted by Crippen LogP contribution is 2.48. The minimum absolute atomic E-state index is 0.588. The van der Waals surface area contributed by atoms with Crippen LogP contribution in [0.2, 0.25) is 0 Å². The van der Waals surface area contributed by atoms with Crippen LogP contribution >= 0.6 is 11.8 Å². The number of aryl methyl sites for hydroxylation is 1. The average Bonchev–Trinajstić information content (AvgIpc) is 3.09. The van der Waals surface area contributed by atoms with Gasteiger partial charge in [0.2, 0.25) is 0 Å². The molecule has 0 saturated heterocycles. The molecule has 3 rings (SSSR count). The van der Waals surface area contributed by atoms with Gasteiger partial charge in [-0.25, -0.2) is 0 Å². The van der Waals surface area contributed by atoms with E-state index in [2.05, 4.69) is 30.6 Å². The van der Waals surface area contributed by atoms with Crippen molar-refractivity contribution in [2.24, 2.45) is 5.41 Å². The Labute approximate surface area is 108 Å². The Morgan fingerprint density at radius 3 is 3.00 bits per heavy atom. The number of hydrogen-bond donors (Lipinski definition) is 1. The topological polar surface area (TPSA) is 12.0 Å². The summed E-state index contributed by atoms with van der Waals surface area (Å²) in [6, 6.07) is 7.17. The smallest absolute Gasteiger partial charge is 0.0104 e. The molecule has 92 valence electrons. The second-order valence-corrected chi connectivity index (χ2v) is 6.74. The Bertz CT molecular complexity index is 409. The van der Waals surface area contributed by atoms with Gasteiger partial charge in [-0.2, -0.15) is 0 Å². The molecule has 0 atom stereocenters. The van der Waals surface area contributed by atoms with E-state index < -0.39 is 0 Å². The largest absolute Gasteiger partial charge is 0.319 e. The van der Waals surface area contributed by atoms with Crippen molar-refractivity contribution < 1.29 is 0 Å². The van der Waals surface area contributed by atoms with E-state index in [-0.39, 0.29) is 0 Å². The Morgan fingerprint density at radius 2 is 2.24 bits per heavy atom. The minimum Gasteiger partial charge on any atom is -0.319 e. The van der Waals surface area contributed by atoms with Crippen molar-refractivity contribution >= 4 is 11.8 Å². The van der Waals surface area contributed by atoms with E-state index in [1.807, 2.05) is 11.8 Å². The quantitative estimate of drug-likeness (QED) is 0.876. The maximum absolute atomic E-state index is 3.35. The fourth-order valence-corrected chi connectivity index (χ4v) is 3.94. The van der Waals surface area contributed by atoms with Gasteiger partial charge >= 0.3 is 0 Å². The molecule has 1 aliphatic carbocycles. The van der Waals surface area contributed by atoms with Gasteiger partial charge in [-0.05, 0) is 67.5 Å². The van der Waals surface area contributed by atoms with E-state index in [1.54, 1.807) is 11.1 Å². The Kier molecular flexibility index (Phi) is 3.18. The van der Waals surface area contributed by atoms with Gasteiger partial charge in [-0.3, -0.25) is 0 Å². The number of benzene rings is 1. The third kappa shape index (κ3) is 2.53. The third-order valence-corrected chi connectivity index (χ3v) is 5.26. The molecule has 1 aromatic rings. The van der Waals surface area contributed by atoms with Gasteiger partial charge in [0.15, 0.2) is 0 Å². The first kappa shape index (κ1) is 11.6. The summed E-state index contributed by atoms with van der Waals surface area (Å²) in [5, 5.41) is 3.35. The molecule has 0 amide bonds. The second kappa shape index (κ2) is 4.66. The van der Waals surface area contributed by atoms with Gasteiger partial charge in [0.25, 0.3) is 0 Å². The molecule has 1 nitrogen and oxygen atoms in total. The van der Waals surface area contributed by atoms with E-state index >= 15 is 0 Å². The fraction of sp³-hybridized carbons (Fsp3) is 0.600. The van der Waals surface area contributed by atoms with Crippen LogP contribution < -0.4 is 5.32 Å². The average molecular weight is 247 g/mol. The van der Waals surface area contributed by atoms with E-state index in [9.17, 15) is 0 Å². The van der Waals surface area contributed by atoms with Crippen LogP contribution in [-0.2, 0) is 12.8 Å². The summed E-state index contributed by atoms with van der Waals surface area (Å²) in [7, 11) is 2.07. The van der Waals surface area contributed by atoms with Crippen molar-refractivity contribution in [1.29, 1.82) is 0 Å². The molecule has 1 aliphatic heterocycles. The zero-order valence-corrected chi connectivity index (χ0v) is 11.4. The maximum Gasteiger partial charge on any atom is 0.0104 e. The summed E-state index contributed by atoms with van der Waals surface area (Å²) in [5.41, 5.74) is 3.74. The number of fused-ring (bicyclic) bond motifs is 1. The standard InChI is InChI=1S/C15H21NS/c1-16-11-15(6-7-15)10-12-4-5-14-13(9-12)3-2-8-17-14/h4-5,9,16H,2-3,6-8,10-11H2,1H3. The van der Waals surface area contributed by atoms with Gasteiger partial charge < -0.3 is 5.32 Å². The highest BCUT2D eigenvalue weighted by Gasteiger charge is 2.41. The van der Waals surface area contributed by atoms with Crippen LogP contribution in [0, 0.1) is 5.41 Å². The lowest BCUT2D eigenvalue weighted by molar-refractivity contribution is 0.478. The molecule has 0 unspecified atom stereocenters. The number of rotatable bonds is 4. The molecule has 1 heterocycles. The van der Waals surface area contributed by atoms with Gasteiger partial charge in [-0.15, -0.1) is 11.8 Å². The van der Waals surface area contributed by atoms with Crippen molar-refractivity contribution in [3.8, 4) is 0 Å². The first-order chi connectivity index (χ1) is 8.31. The molecule has 1 N–H and O–H groups in total. The molecule has 0 bridgehead atoms. The van der Waals surface area contributed by atoms with Crippen LogP contribution in [0.1, 0.15) is 30.4 Å². The van der Waals surface area contributed by atoms with Gasteiger partial charge in [-0.1, -0.05) is 12.1 Å². The monoisotopic (exact) mass is 247 g/mol. The summed E-state index contributed by atoms with van der Waals surface area (Å²) in [6.45, 7) is 1.18. The molecule has 2 aliphatic rings. The van der Waals surface area contributed by atoms with Crippen molar-refractivity contribution in [3.05, 3.63) is 29.3 Å². The van der Waals surface area contributed by atoms with Crippen LogP contribution in [-0.4, -0.2) is 19.3 Å². The molecule has 2 heteroatoms. The first-order valence-corrected chi connectivity index (χ1v) is 7.69. The van der Waals surface area contributed by atoms with Gasteiger partial charge in [0, 0.05) is 11.4 Å². The van der Waals surface area contributed by atoms with Gasteiger partial charge in [0.1, 0.15) is 0 Å². The zero-order valence-electron chi connectivity index (χ0n) is 10.6. The van der Waals surface area contributed by atoms with E-state index in [0.717, 1.165) is 0 Å². The lowest BCUT2D eigenvalue weighted by Gasteiger charge is -2.19. The molecule has 1 aromatic carbocycles. The molecular weight excluding hydrogens is 226 g/mol. The summed E-state index contributed by atoms with van der Waals surface area (Å²) in [5.74, 6) is 1.30. The predicted molar refractivity (Wildman–Crippen MR) is 74.8 cm³/mol. The van der Waals surface area contributed by atoms with Crippen molar-refractivity contribution in [2.75, 3.05) is 19.3 Å². The van der Waals surface area contributed by atoms with Crippen molar-refractivity contribution in [3.63, 3.8) is 0 Å². The molecule has 0 radical (unpaired) electrons. The summed E-state index contributed by atoms with van der Waals surface area (Å²) in [6.07, 6.45) is 6.71. The zero-order chi connectivity index (χ0) is 11.7. The molecule has 1 saturated carbocycles. The molecule has 1 fully saturated rings. The molecule has 0 aromatic heterocycles. The van der Waals surface area contributed by atoms with E-state index in [0.29, 0.717) is 5.41 Å². The lowest BCUT2D eigenvalue weighted by Crippen LogP contribution is -2.22. The summed E-state index contributed by atoms with van der Waals surface area (Å²) in [4.78, 5) is 1.53. The third-order valence-electron chi connectivity index (χ3n) is 4.06. The van der Waals surface area contributed by atoms with Crippen LogP contribution in [0.15, 0.2) is 23.1 Å². The highest BCUT2D eigenvalue weighted by atomic mass is 32.2. The SMILES string of the molecule is CNCC1(Cc2ccc3c(c2)CCCS3)CC1. The predicted octanol–water partition coefficient (Wildman–Crippen LogP) is 3.27. The van der Waals surface area contributed by atoms with Gasteiger partial charge in [0.05, 0.1) is 0 Å². The lowest BCUT2D eigenvalue weighted by atomic mass is 9.94. The molecular formula is C15H21NS. The van der Waals surface area contributed by atoms with Crippen LogP contribution in [0.3, 0.4) is 0 Å². The summed E-state index contributed by atoms with van der Waals surface area (Å²) >= 11 is 2.03. The highest BCUT2D eigenvalue weighted by molar-refractivity contribution is 7.99. The Hall–Kier alpha value is -0.470. The normalized spacial score (nSPS) is 21.0. The van der Waals surface area contributed by atoms with Crippen LogP contribution in [0.5, 0.6) is 0 Å². The maximum atomic E-state index is 3.35. The summed E-state index contributed by atoms with van der Waals surface area (Å²) < 4.78 is 0.